The number of nitrogens with zero attached hydrogens (tertiary/aromatic N) is 1. The molecule has 6 nitrogen and oxygen atoms in total. The Hall–Kier alpha value is -2.77. The first-order valence-electron chi connectivity index (χ1n) is 14.7. The number of carbonyl (C=O) groups is 1. The summed E-state index contributed by atoms with van der Waals surface area (Å²) in [6.45, 7) is 1.96. The maximum atomic E-state index is 11.0. The van der Waals surface area contributed by atoms with Gasteiger partial charge in [0.2, 0.25) is 0 Å². The summed E-state index contributed by atoms with van der Waals surface area (Å²) in [4.78, 5) is 13.4. The van der Waals surface area contributed by atoms with Gasteiger partial charge in [0.1, 0.15) is 5.75 Å². The lowest BCUT2D eigenvalue weighted by Gasteiger charge is -2.41. The second kappa shape index (κ2) is 12.6. The van der Waals surface area contributed by atoms with Crippen LogP contribution in [0, 0.1) is 17.8 Å². The fraction of sp³-hybridized carbons (Fsp3) is 0.424. The highest BCUT2D eigenvalue weighted by Crippen LogP contribution is 2.46. The molecule has 3 aromatic rings. The molecule has 1 saturated carbocycles. The molecule has 3 fully saturated rings. The van der Waals surface area contributed by atoms with Gasteiger partial charge in [-0.05, 0) is 110 Å². The molecule has 2 saturated heterocycles. The Morgan fingerprint density at radius 2 is 1.46 bits per heavy atom. The van der Waals surface area contributed by atoms with E-state index in [4.69, 9.17) is 33.7 Å². The first kappa shape index (κ1) is 28.4. The molecule has 8 heteroatoms. The Morgan fingerprint density at radius 3 is 2.05 bits per heavy atom. The van der Waals surface area contributed by atoms with E-state index in [1.807, 2.05) is 36.4 Å². The van der Waals surface area contributed by atoms with Crippen LogP contribution in [0.1, 0.15) is 49.1 Å². The van der Waals surface area contributed by atoms with Crippen LogP contribution < -0.4 is 26.2 Å². The summed E-state index contributed by atoms with van der Waals surface area (Å²) in [6, 6.07) is 25.8. The molecule has 3 aromatic carbocycles. The molecule has 3 aliphatic rings. The second-order valence-corrected chi connectivity index (χ2v) is 12.7. The van der Waals surface area contributed by atoms with Crippen molar-refractivity contribution in [3.8, 4) is 5.75 Å². The summed E-state index contributed by atoms with van der Waals surface area (Å²) in [5.41, 5.74) is 16.5. The summed E-state index contributed by atoms with van der Waals surface area (Å²) in [6.07, 6.45) is 5.88. The molecule has 6 rings (SSSR count). The fourth-order valence-corrected chi connectivity index (χ4v) is 7.65. The van der Waals surface area contributed by atoms with Crippen LogP contribution in [0.2, 0.25) is 10.0 Å². The predicted octanol–water partition coefficient (Wildman–Crippen LogP) is 6.17. The molecule has 0 spiro atoms. The van der Waals surface area contributed by atoms with E-state index in [0.29, 0.717) is 41.5 Å². The summed E-state index contributed by atoms with van der Waals surface area (Å²) < 4.78 is 5.42. The summed E-state index contributed by atoms with van der Waals surface area (Å²) in [5, 5.41) is 1.55. The minimum absolute atomic E-state index is 0.101. The SMILES string of the molecule is NC(=O)COc1ccc(N2CCC(C3NNC4CCC(C(c5ccc(Cl)cc5)c5ccc(Cl)cc5)CC43)CC2)cc1. The maximum Gasteiger partial charge on any atom is 0.255 e. The second-order valence-electron chi connectivity index (χ2n) is 11.8. The Morgan fingerprint density at radius 1 is 0.854 bits per heavy atom. The van der Waals surface area contributed by atoms with Crippen LogP contribution in [0.5, 0.6) is 5.75 Å². The van der Waals surface area contributed by atoms with Crippen LogP contribution in [0.3, 0.4) is 0 Å². The number of hydrazine groups is 1. The first-order chi connectivity index (χ1) is 19.9. The van der Waals surface area contributed by atoms with Crippen molar-refractivity contribution in [3.63, 3.8) is 0 Å². The zero-order valence-electron chi connectivity index (χ0n) is 23.1. The number of carbonyl (C=O) groups excluding carboxylic acids is 1. The van der Waals surface area contributed by atoms with Gasteiger partial charge in [0.25, 0.3) is 5.91 Å². The van der Waals surface area contributed by atoms with E-state index < -0.39 is 5.91 Å². The molecule has 4 N–H and O–H groups in total. The minimum atomic E-state index is -0.469. The molecule has 4 unspecified atom stereocenters. The van der Waals surface area contributed by atoms with Gasteiger partial charge in [-0.15, -0.1) is 0 Å². The standard InChI is InChI=1S/C33H38Cl2N4O2/c34-25-6-1-21(2-7-25)32(22-3-8-26(35)9-4-22)24-5-14-30-29(19-24)33(38-37-30)23-15-17-39(18-16-23)27-10-12-28(13-11-27)41-20-31(36)40/h1-4,6-13,23-24,29-30,32-33,37-38H,5,14-20H2,(H2,36,40). The molecule has 216 valence electrons. The van der Waals surface area contributed by atoms with E-state index in [2.05, 4.69) is 52.1 Å². The fourth-order valence-electron chi connectivity index (χ4n) is 7.40. The summed E-state index contributed by atoms with van der Waals surface area (Å²) in [7, 11) is 0. The number of rotatable bonds is 8. The van der Waals surface area contributed by atoms with Gasteiger partial charge in [-0.1, -0.05) is 47.5 Å². The lowest BCUT2D eigenvalue weighted by Crippen LogP contribution is -2.45. The van der Waals surface area contributed by atoms with Gasteiger partial charge in [-0.25, -0.2) is 0 Å². The Kier molecular flexibility index (Phi) is 8.73. The molecule has 2 heterocycles. The van der Waals surface area contributed by atoms with Gasteiger partial charge >= 0.3 is 0 Å². The smallest absolute Gasteiger partial charge is 0.255 e. The molecular weight excluding hydrogens is 555 g/mol. The van der Waals surface area contributed by atoms with Crippen molar-refractivity contribution in [2.75, 3.05) is 24.6 Å². The quantitative estimate of drug-likeness (QED) is 0.291. The van der Waals surface area contributed by atoms with Gasteiger partial charge in [0.15, 0.2) is 6.61 Å². The van der Waals surface area contributed by atoms with Crippen molar-refractivity contribution in [2.24, 2.45) is 23.5 Å². The topological polar surface area (TPSA) is 79.6 Å². The van der Waals surface area contributed by atoms with E-state index in [0.717, 1.165) is 36.0 Å². The van der Waals surface area contributed by atoms with E-state index in [-0.39, 0.29) is 6.61 Å². The Bertz CT molecular complexity index is 1270. The molecule has 1 amide bonds. The van der Waals surface area contributed by atoms with Gasteiger partial charge in [-0.3, -0.25) is 15.6 Å². The maximum absolute atomic E-state index is 11.0. The van der Waals surface area contributed by atoms with Crippen molar-refractivity contribution in [2.45, 2.75) is 50.1 Å². The van der Waals surface area contributed by atoms with Crippen molar-refractivity contribution < 1.29 is 9.53 Å². The van der Waals surface area contributed by atoms with Crippen molar-refractivity contribution >= 4 is 34.8 Å². The Balaban J connectivity index is 1.12. The molecule has 0 radical (unpaired) electrons. The van der Waals surface area contributed by atoms with E-state index in [9.17, 15) is 4.79 Å². The van der Waals surface area contributed by atoms with Crippen molar-refractivity contribution in [1.29, 1.82) is 0 Å². The van der Waals surface area contributed by atoms with Crippen LogP contribution >= 0.6 is 23.2 Å². The van der Waals surface area contributed by atoms with Gasteiger partial charge in [-0.2, -0.15) is 0 Å². The molecule has 0 aromatic heterocycles. The number of amides is 1. The highest BCUT2D eigenvalue weighted by Gasteiger charge is 2.45. The van der Waals surface area contributed by atoms with Crippen LogP contribution in [0.4, 0.5) is 5.69 Å². The van der Waals surface area contributed by atoms with Crippen molar-refractivity contribution in [1.82, 2.24) is 10.9 Å². The lowest BCUT2D eigenvalue weighted by atomic mass is 9.66. The highest BCUT2D eigenvalue weighted by molar-refractivity contribution is 6.30. The molecule has 41 heavy (non-hydrogen) atoms. The molecule has 4 atom stereocenters. The third kappa shape index (κ3) is 6.51. The molecule has 1 aliphatic carbocycles. The number of primary amides is 1. The number of nitrogens with two attached hydrogens (primary N) is 1. The van der Waals surface area contributed by atoms with E-state index >= 15 is 0 Å². The number of hydrogen-bond donors (Lipinski definition) is 3. The average Bonchev–Trinajstić information content (AvgIpc) is 3.42. The van der Waals surface area contributed by atoms with Gasteiger partial charge < -0.3 is 15.4 Å². The number of piperidine rings is 1. The van der Waals surface area contributed by atoms with E-state index in [1.54, 1.807) is 0 Å². The van der Waals surface area contributed by atoms with Gasteiger partial charge in [0.05, 0.1) is 0 Å². The molecule has 2 aliphatic heterocycles. The Labute approximate surface area is 252 Å². The predicted molar refractivity (Wildman–Crippen MR) is 165 cm³/mol. The average molecular weight is 594 g/mol. The number of ether oxygens (including phenoxy) is 1. The molecular formula is C33H38Cl2N4O2. The highest BCUT2D eigenvalue weighted by atomic mass is 35.5. The third-order valence-electron chi connectivity index (χ3n) is 9.40. The number of halogens is 2. The van der Waals surface area contributed by atoms with Crippen LogP contribution in [0.15, 0.2) is 72.8 Å². The number of hydrogen-bond acceptors (Lipinski definition) is 5. The zero-order valence-corrected chi connectivity index (χ0v) is 24.7. The van der Waals surface area contributed by atoms with E-state index in [1.165, 1.54) is 36.1 Å². The summed E-state index contributed by atoms with van der Waals surface area (Å²) >= 11 is 12.5. The molecule has 0 bridgehead atoms. The van der Waals surface area contributed by atoms with Crippen LogP contribution in [0.25, 0.3) is 0 Å². The number of nitrogens with one attached hydrogen (secondary N) is 2. The van der Waals surface area contributed by atoms with Crippen molar-refractivity contribution in [3.05, 3.63) is 94.0 Å². The number of anilines is 1. The zero-order chi connectivity index (χ0) is 28.3. The monoisotopic (exact) mass is 592 g/mol. The van der Waals surface area contributed by atoms with Gasteiger partial charge in [0, 0.05) is 46.8 Å². The lowest BCUT2D eigenvalue weighted by molar-refractivity contribution is -0.119. The number of fused-ring (bicyclic) bond motifs is 1. The van der Waals surface area contributed by atoms with Crippen LogP contribution in [-0.4, -0.2) is 37.7 Å². The summed E-state index contributed by atoms with van der Waals surface area (Å²) in [5.74, 6) is 2.31. The third-order valence-corrected chi connectivity index (χ3v) is 9.90. The normalized spacial score (nSPS) is 24.8. The minimum Gasteiger partial charge on any atom is -0.484 e. The first-order valence-corrected chi connectivity index (χ1v) is 15.5. The van der Waals surface area contributed by atoms with Crippen LogP contribution in [-0.2, 0) is 4.79 Å². The largest absolute Gasteiger partial charge is 0.484 e. The number of benzene rings is 3.